The van der Waals surface area contributed by atoms with Crippen LogP contribution in [-0.4, -0.2) is 17.6 Å². The SMILES string of the molecule is CC(C)Oc1ccc2oc(-c3ccncc3)c(COC=O)c2c1. The van der Waals surface area contributed by atoms with Crippen molar-refractivity contribution in [3.63, 3.8) is 0 Å². The molecule has 2 heterocycles. The van der Waals surface area contributed by atoms with Crippen LogP contribution < -0.4 is 4.74 Å². The van der Waals surface area contributed by atoms with Crippen molar-refractivity contribution in [1.29, 1.82) is 0 Å². The maximum absolute atomic E-state index is 10.6. The minimum Gasteiger partial charge on any atom is -0.491 e. The van der Waals surface area contributed by atoms with Gasteiger partial charge >= 0.3 is 0 Å². The number of aromatic nitrogens is 1. The summed E-state index contributed by atoms with van der Waals surface area (Å²) in [6, 6.07) is 9.35. The lowest BCUT2D eigenvalue weighted by Crippen LogP contribution is -2.05. The fraction of sp³-hybridized carbons (Fsp3) is 0.222. The summed E-state index contributed by atoms with van der Waals surface area (Å²) in [6.45, 7) is 4.51. The maximum atomic E-state index is 10.6. The van der Waals surface area contributed by atoms with Crippen molar-refractivity contribution >= 4 is 17.4 Å². The molecule has 0 radical (unpaired) electrons. The zero-order chi connectivity index (χ0) is 16.2. The van der Waals surface area contributed by atoms with Crippen molar-refractivity contribution in [2.75, 3.05) is 0 Å². The van der Waals surface area contributed by atoms with Crippen LogP contribution in [0, 0.1) is 0 Å². The van der Waals surface area contributed by atoms with E-state index in [9.17, 15) is 4.79 Å². The average Bonchev–Trinajstić information content (AvgIpc) is 2.91. The molecule has 0 aliphatic heterocycles. The molecule has 0 aliphatic carbocycles. The number of fused-ring (bicyclic) bond motifs is 1. The van der Waals surface area contributed by atoms with Gasteiger partial charge in [-0.1, -0.05) is 0 Å². The van der Waals surface area contributed by atoms with Crippen molar-refractivity contribution in [3.05, 3.63) is 48.3 Å². The molecule has 0 unspecified atom stereocenters. The summed E-state index contributed by atoms with van der Waals surface area (Å²) in [5, 5.41) is 0.872. The molecular formula is C18H17NO4. The summed E-state index contributed by atoms with van der Waals surface area (Å²) in [5.74, 6) is 1.42. The van der Waals surface area contributed by atoms with E-state index >= 15 is 0 Å². The molecule has 0 aliphatic rings. The van der Waals surface area contributed by atoms with E-state index < -0.39 is 0 Å². The third-order valence-corrected chi connectivity index (χ3v) is 3.37. The number of nitrogens with zero attached hydrogens (tertiary/aromatic N) is 1. The van der Waals surface area contributed by atoms with Crippen molar-refractivity contribution < 1.29 is 18.7 Å². The smallest absolute Gasteiger partial charge is 0.293 e. The predicted molar refractivity (Wildman–Crippen MR) is 86.1 cm³/mol. The van der Waals surface area contributed by atoms with Crippen LogP contribution >= 0.6 is 0 Å². The molecule has 5 heteroatoms. The summed E-state index contributed by atoms with van der Waals surface area (Å²) in [7, 11) is 0. The van der Waals surface area contributed by atoms with Crippen molar-refractivity contribution in [1.82, 2.24) is 4.98 Å². The lowest BCUT2D eigenvalue weighted by molar-refractivity contribution is -0.129. The highest BCUT2D eigenvalue weighted by Gasteiger charge is 2.17. The Balaban J connectivity index is 2.13. The zero-order valence-corrected chi connectivity index (χ0v) is 13.0. The minimum atomic E-state index is 0.0775. The summed E-state index contributed by atoms with van der Waals surface area (Å²) in [6.07, 6.45) is 3.47. The Bertz CT molecular complexity index is 809. The number of carbonyl (C=O) groups is 1. The summed E-state index contributed by atoms with van der Waals surface area (Å²) >= 11 is 0. The van der Waals surface area contributed by atoms with Gasteiger partial charge < -0.3 is 13.9 Å². The molecule has 0 bridgehead atoms. The normalized spacial score (nSPS) is 10.9. The van der Waals surface area contributed by atoms with Gasteiger partial charge in [0.15, 0.2) is 0 Å². The Kier molecular flexibility index (Phi) is 4.28. The van der Waals surface area contributed by atoms with E-state index in [4.69, 9.17) is 13.9 Å². The molecule has 0 fully saturated rings. The van der Waals surface area contributed by atoms with Crippen molar-refractivity contribution in [3.8, 4) is 17.1 Å². The molecular weight excluding hydrogens is 294 g/mol. The Hall–Kier alpha value is -2.82. The largest absolute Gasteiger partial charge is 0.491 e. The lowest BCUT2D eigenvalue weighted by atomic mass is 10.1. The quantitative estimate of drug-likeness (QED) is 0.645. The molecule has 0 spiro atoms. The van der Waals surface area contributed by atoms with E-state index in [0.29, 0.717) is 12.2 Å². The van der Waals surface area contributed by atoms with Gasteiger partial charge in [0, 0.05) is 28.9 Å². The summed E-state index contributed by atoms with van der Waals surface area (Å²) in [5.41, 5.74) is 2.41. The third kappa shape index (κ3) is 3.18. The maximum Gasteiger partial charge on any atom is 0.293 e. The second kappa shape index (κ2) is 6.52. The van der Waals surface area contributed by atoms with Crippen molar-refractivity contribution in [2.45, 2.75) is 26.6 Å². The van der Waals surface area contributed by atoms with Gasteiger partial charge in [-0.3, -0.25) is 9.78 Å². The number of ether oxygens (including phenoxy) is 2. The molecule has 1 aromatic carbocycles. The number of hydrogen-bond acceptors (Lipinski definition) is 5. The molecule has 118 valence electrons. The van der Waals surface area contributed by atoms with Crippen LogP contribution in [0.2, 0.25) is 0 Å². The molecule has 0 atom stereocenters. The average molecular weight is 311 g/mol. The van der Waals surface area contributed by atoms with Crippen LogP contribution in [0.25, 0.3) is 22.3 Å². The first-order valence-electron chi connectivity index (χ1n) is 7.36. The number of furan rings is 1. The number of rotatable bonds is 6. The van der Waals surface area contributed by atoms with Gasteiger partial charge in [0.2, 0.25) is 0 Å². The topological polar surface area (TPSA) is 61.6 Å². The van der Waals surface area contributed by atoms with Crippen LogP contribution in [0.3, 0.4) is 0 Å². The minimum absolute atomic E-state index is 0.0775. The highest BCUT2D eigenvalue weighted by molar-refractivity contribution is 5.89. The predicted octanol–water partition coefficient (Wildman–Crippen LogP) is 3.96. The fourth-order valence-corrected chi connectivity index (χ4v) is 2.47. The molecule has 2 aromatic heterocycles. The highest BCUT2D eigenvalue weighted by Crippen LogP contribution is 2.35. The van der Waals surface area contributed by atoms with E-state index in [0.717, 1.165) is 27.8 Å². The van der Waals surface area contributed by atoms with Crippen LogP contribution in [0.1, 0.15) is 19.4 Å². The first-order valence-corrected chi connectivity index (χ1v) is 7.36. The molecule has 3 rings (SSSR count). The van der Waals surface area contributed by atoms with E-state index in [2.05, 4.69) is 4.98 Å². The van der Waals surface area contributed by atoms with Crippen LogP contribution in [0.15, 0.2) is 47.1 Å². The monoisotopic (exact) mass is 311 g/mol. The standard InChI is InChI=1S/C18H17NO4/c1-12(2)22-14-3-4-17-15(9-14)16(10-21-11-20)18(23-17)13-5-7-19-8-6-13/h3-9,11-12H,10H2,1-2H3. The molecule has 23 heavy (non-hydrogen) atoms. The Morgan fingerprint density at radius 2 is 2.00 bits per heavy atom. The van der Waals surface area contributed by atoms with Crippen LogP contribution in [0.4, 0.5) is 0 Å². The van der Waals surface area contributed by atoms with E-state index in [1.807, 2.05) is 44.2 Å². The van der Waals surface area contributed by atoms with Gasteiger partial charge in [0.25, 0.3) is 6.47 Å². The second-order valence-electron chi connectivity index (χ2n) is 5.38. The van der Waals surface area contributed by atoms with Crippen molar-refractivity contribution in [2.24, 2.45) is 0 Å². The van der Waals surface area contributed by atoms with E-state index in [1.165, 1.54) is 0 Å². The van der Waals surface area contributed by atoms with Gasteiger partial charge in [-0.25, -0.2) is 0 Å². The number of carbonyl (C=O) groups excluding carboxylic acids is 1. The zero-order valence-electron chi connectivity index (χ0n) is 13.0. The molecule has 0 N–H and O–H groups in total. The fourth-order valence-electron chi connectivity index (χ4n) is 2.47. The molecule has 0 amide bonds. The Labute approximate surface area is 133 Å². The number of pyridine rings is 1. The van der Waals surface area contributed by atoms with Crippen LogP contribution in [0.5, 0.6) is 5.75 Å². The molecule has 3 aromatic rings. The van der Waals surface area contributed by atoms with Crippen LogP contribution in [-0.2, 0) is 16.1 Å². The first kappa shape index (κ1) is 15.1. The van der Waals surface area contributed by atoms with E-state index in [-0.39, 0.29) is 12.7 Å². The van der Waals surface area contributed by atoms with Gasteiger partial charge in [-0.15, -0.1) is 0 Å². The molecule has 0 saturated carbocycles. The summed E-state index contributed by atoms with van der Waals surface area (Å²) < 4.78 is 16.7. The number of hydrogen-bond donors (Lipinski definition) is 0. The van der Waals surface area contributed by atoms with E-state index in [1.54, 1.807) is 12.4 Å². The Morgan fingerprint density at radius 1 is 1.22 bits per heavy atom. The molecule has 5 nitrogen and oxygen atoms in total. The highest BCUT2D eigenvalue weighted by atomic mass is 16.5. The molecule has 0 saturated heterocycles. The lowest BCUT2D eigenvalue weighted by Gasteiger charge is -2.09. The first-order chi connectivity index (χ1) is 11.2. The summed E-state index contributed by atoms with van der Waals surface area (Å²) in [4.78, 5) is 14.6. The Morgan fingerprint density at radius 3 is 2.70 bits per heavy atom. The van der Waals surface area contributed by atoms with Gasteiger partial charge in [0.05, 0.1) is 6.10 Å². The van der Waals surface area contributed by atoms with Gasteiger partial charge in [-0.2, -0.15) is 0 Å². The van der Waals surface area contributed by atoms with Gasteiger partial charge in [0.1, 0.15) is 23.7 Å². The second-order valence-corrected chi connectivity index (χ2v) is 5.38. The number of benzene rings is 1. The van der Waals surface area contributed by atoms with Gasteiger partial charge in [-0.05, 0) is 44.2 Å². The third-order valence-electron chi connectivity index (χ3n) is 3.37.